The molecule has 1 aliphatic rings. The van der Waals surface area contributed by atoms with Gasteiger partial charge in [0.1, 0.15) is 5.69 Å². The number of nitrogens with one attached hydrogen (secondary N) is 1. The number of carbonyl (C=O) groups is 1. The van der Waals surface area contributed by atoms with Crippen molar-refractivity contribution in [2.75, 3.05) is 26.2 Å². The smallest absolute Gasteiger partial charge is 0.267 e. The highest BCUT2D eigenvalue weighted by molar-refractivity contribution is 6.31. The number of fused-ring (bicyclic) bond motifs is 1. The molecule has 146 valence electrons. The molecule has 0 unspecified atom stereocenters. The first kappa shape index (κ1) is 19.0. The highest BCUT2D eigenvalue weighted by Crippen LogP contribution is 2.25. The molecule has 2 aromatic carbocycles. The van der Waals surface area contributed by atoms with Crippen molar-refractivity contribution in [3.8, 4) is 0 Å². The van der Waals surface area contributed by atoms with E-state index < -0.39 is 0 Å². The van der Waals surface area contributed by atoms with Gasteiger partial charge in [0.15, 0.2) is 0 Å². The van der Waals surface area contributed by atoms with Crippen molar-refractivity contribution in [3.05, 3.63) is 70.9 Å². The van der Waals surface area contributed by atoms with Crippen LogP contribution in [0.1, 0.15) is 35.3 Å². The van der Waals surface area contributed by atoms with E-state index in [1.165, 1.54) is 19.3 Å². The van der Waals surface area contributed by atoms with Gasteiger partial charge in [0.2, 0.25) is 0 Å². The fourth-order valence-electron chi connectivity index (χ4n) is 3.97. The molecular formula is C23H26ClN3O. The van der Waals surface area contributed by atoms with E-state index in [2.05, 4.69) is 26.9 Å². The summed E-state index contributed by atoms with van der Waals surface area (Å²) in [7, 11) is 0. The first-order valence-electron chi connectivity index (χ1n) is 10.0. The van der Waals surface area contributed by atoms with Crippen molar-refractivity contribution in [3.63, 3.8) is 0 Å². The number of hydrogen-bond donors (Lipinski definition) is 1. The Bertz CT molecular complexity index is 945. The second-order valence-electron chi connectivity index (χ2n) is 7.46. The van der Waals surface area contributed by atoms with Crippen LogP contribution >= 0.6 is 11.6 Å². The summed E-state index contributed by atoms with van der Waals surface area (Å²) in [4.78, 5) is 15.4. The van der Waals surface area contributed by atoms with Gasteiger partial charge in [-0.05, 0) is 55.8 Å². The van der Waals surface area contributed by atoms with Gasteiger partial charge in [0.25, 0.3) is 5.91 Å². The molecule has 1 N–H and O–H groups in total. The Labute approximate surface area is 171 Å². The van der Waals surface area contributed by atoms with E-state index in [4.69, 9.17) is 11.6 Å². The molecule has 1 amide bonds. The number of carbonyl (C=O) groups excluding carboxylic acids is 1. The van der Waals surface area contributed by atoms with Gasteiger partial charge in [0.05, 0.1) is 0 Å². The first-order valence-corrected chi connectivity index (χ1v) is 10.4. The van der Waals surface area contributed by atoms with Crippen molar-refractivity contribution in [2.24, 2.45) is 0 Å². The summed E-state index contributed by atoms with van der Waals surface area (Å²) in [6.07, 6.45) is 3.85. The molecule has 4 rings (SSSR count). The fourth-order valence-corrected chi connectivity index (χ4v) is 4.15. The minimum absolute atomic E-state index is 0.0275. The maximum Gasteiger partial charge on any atom is 0.267 e. The lowest BCUT2D eigenvalue weighted by molar-refractivity contribution is 0.0938. The van der Waals surface area contributed by atoms with Gasteiger partial charge in [-0.1, -0.05) is 48.4 Å². The SMILES string of the molecule is O=C(NCCN1CCCCC1)c1cc2cc(Cl)ccc2n1Cc1ccccc1. The number of nitrogens with zero attached hydrogens (tertiary/aromatic N) is 2. The van der Waals surface area contributed by atoms with Crippen LogP contribution in [-0.2, 0) is 6.54 Å². The highest BCUT2D eigenvalue weighted by Gasteiger charge is 2.17. The van der Waals surface area contributed by atoms with Crippen LogP contribution in [0.25, 0.3) is 10.9 Å². The summed E-state index contributed by atoms with van der Waals surface area (Å²) in [5, 5.41) is 4.79. The Morgan fingerprint density at radius 1 is 1.00 bits per heavy atom. The largest absolute Gasteiger partial charge is 0.349 e. The number of halogens is 1. The number of aromatic nitrogens is 1. The molecule has 1 aromatic heterocycles. The Kier molecular flexibility index (Phi) is 5.98. The third-order valence-electron chi connectivity index (χ3n) is 5.44. The molecule has 1 aliphatic heterocycles. The normalized spacial score (nSPS) is 15.0. The van der Waals surface area contributed by atoms with Gasteiger partial charge in [-0.15, -0.1) is 0 Å². The zero-order chi connectivity index (χ0) is 19.3. The van der Waals surface area contributed by atoms with Crippen LogP contribution in [0.2, 0.25) is 5.02 Å². The van der Waals surface area contributed by atoms with Crippen LogP contribution < -0.4 is 5.32 Å². The maximum atomic E-state index is 13.0. The average Bonchev–Trinajstić information content (AvgIpc) is 3.07. The summed E-state index contributed by atoms with van der Waals surface area (Å²) >= 11 is 6.17. The molecule has 3 aromatic rings. The minimum atomic E-state index is -0.0275. The van der Waals surface area contributed by atoms with Crippen molar-refractivity contribution in [1.29, 1.82) is 0 Å². The van der Waals surface area contributed by atoms with E-state index in [-0.39, 0.29) is 5.91 Å². The van der Waals surface area contributed by atoms with Crippen LogP contribution in [0.3, 0.4) is 0 Å². The van der Waals surface area contributed by atoms with E-state index in [0.717, 1.165) is 36.1 Å². The van der Waals surface area contributed by atoms with E-state index in [1.54, 1.807) is 0 Å². The van der Waals surface area contributed by atoms with Gasteiger partial charge in [-0.2, -0.15) is 0 Å². The van der Waals surface area contributed by atoms with E-state index >= 15 is 0 Å². The van der Waals surface area contributed by atoms with Gasteiger partial charge in [-0.3, -0.25) is 4.79 Å². The quantitative estimate of drug-likeness (QED) is 0.664. The van der Waals surface area contributed by atoms with Crippen LogP contribution in [0.4, 0.5) is 0 Å². The van der Waals surface area contributed by atoms with Crippen LogP contribution in [-0.4, -0.2) is 41.6 Å². The molecule has 1 saturated heterocycles. The molecule has 5 heteroatoms. The molecule has 0 saturated carbocycles. The van der Waals surface area contributed by atoms with Crippen molar-refractivity contribution < 1.29 is 4.79 Å². The average molecular weight is 396 g/mol. The molecule has 0 bridgehead atoms. The summed E-state index contributed by atoms with van der Waals surface area (Å²) in [5.41, 5.74) is 2.87. The molecule has 0 aliphatic carbocycles. The second-order valence-corrected chi connectivity index (χ2v) is 7.90. The second kappa shape index (κ2) is 8.80. The number of rotatable bonds is 6. The predicted molar refractivity (Wildman–Crippen MR) is 115 cm³/mol. The summed E-state index contributed by atoms with van der Waals surface area (Å²) in [5.74, 6) is -0.0275. The van der Waals surface area contributed by atoms with E-state index in [9.17, 15) is 4.79 Å². The predicted octanol–water partition coefficient (Wildman–Crippen LogP) is 4.56. The summed E-state index contributed by atoms with van der Waals surface area (Å²) < 4.78 is 2.08. The van der Waals surface area contributed by atoms with Crippen LogP contribution in [0, 0.1) is 0 Å². The van der Waals surface area contributed by atoms with Crippen LogP contribution in [0.5, 0.6) is 0 Å². The zero-order valence-corrected chi connectivity index (χ0v) is 16.8. The molecule has 0 spiro atoms. The van der Waals surface area contributed by atoms with Gasteiger partial charge < -0.3 is 14.8 Å². The van der Waals surface area contributed by atoms with E-state index in [1.807, 2.05) is 42.5 Å². The van der Waals surface area contributed by atoms with Gasteiger partial charge in [0, 0.05) is 35.6 Å². The van der Waals surface area contributed by atoms with Crippen molar-refractivity contribution >= 4 is 28.4 Å². The third kappa shape index (κ3) is 4.40. The number of hydrogen-bond acceptors (Lipinski definition) is 2. The monoisotopic (exact) mass is 395 g/mol. The molecule has 28 heavy (non-hydrogen) atoms. The third-order valence-corrected chi connectivity index (χ3v) is 5.68. The first-order chi connectivity index (χ1) is 13.7. The lowest BCUT2D eigenvalue weighted by Gasteiger charge is -2.26. The number of piperidine rings is 1. The Morgan fingerprint density at radius 3 is 2.57 bits per heavy atom. The summed E-state index contributed by atoms with van der Waals surface area (Å²) in [6, 6.07) is 18.0. The molecule has 2 heterocycles. The maximum absolute atomic E-state index is 13.0. The topological polar surface area (TPSA) is 37.3 Å². The van der Waals surface area contributed by atoms with Gasteiger partial charge in [-0.25, -0.2) is 0 Å². The standard InChI is InChI=1S/C23H26ClN3O/c24-20-9-10-21-19(15-20)16-22(27(21)17-18-7-3-1-4-8-18)23(28)25-11-14-26-12-5-2-6-13-26/h1,3-4,7-10,15-16H,2,5-6,11-14,17H2,(H,25,28). The highest BCUT2D eigenvalue weighted by atomic mass is 35.5. The minimum Gasteiger partial charge on any atom is -0.349 e. The lowest BCUT2D eigenvalue weighted by atomic mass is 10.1. The number of benzene rings is 2. The van der Waals surface area contributed by atoms with Crippen molar-refractivity contribution in [2.45, 2.75) is 25.8 Å². The molecule has 4 nitrogen and oxygen atoms in total. The van der Waals surface area contributed by atoms with Crippen molar-refractivity contribution in [1.82, 2.24) is 14.8 Å². The fraction of sp³-hybridized carbons (Fsp3) is 0.348. The zero-order valence-electron chi connectivity index (χ0n) is 16.0. The Hall–Kier alpha value is -2.30. The number of likely N-dealkylation sites (tertiary alicyclic amines) is 1. The van der Waals surface area contributed by atoms with Crippen LogP contribution in [0.15, 0.2) is 54.6 Å². The summed E-state index contributed by atoms with van der Waals surface area (Å²) in [6.45, 7) is 4.52. The number of amides is 1. The lowest BCUT2D eigenvalue weighted by Crippen LogP contribution is -2.38. The molecule has 0 radical (unpaired) electrons. The Morgan fingerprint density at radius 2 is 1.79 bits per heavy atom. The van der Waals surface area contributed by atoms with Gasteiger partial charge >= 0.3 is 0 Å². The molecule has 1 fully saturated rings. The van der Waals surface area contributed by atoms with E-state index in [0.29, 0.717) is 23.8 Å². The Balaban J connectivity index is 1.54. The molecular weight excluding hydrogens is 370 g/mol. The molecule has 0 atom stereocenters.